The van der Waals surface area contributed by atoms with Crippen molar-refractivity contribution in [2.75, 3.05) is 7.11 Å². The summed E-state index contributed by atoms with van der Waals surface area (Å²) in [6.45, 7) is 0. The van der Waals surface area contributed by atoms with Gasteiger partial charge in [0.05, 0.1) is 7.11 Å². The lowest BCUT2D eigenvalue weighted by molar-refractivity contribution is -0.147. The maximum absolute atomic E-state index is 12.0. The van der Waals surface area contributed by atoms with Gasteiger partial charge in [0.15, 0.2) is 0 Å². The highest BCUT2D eigenvalue weighted by Crippen LogP contribution is 2.32. The van der Waals surface area contributed by atoms with E-state index in [0.29, 0.717) is 12.7 Å². The topological polar surface area (TPSA) is 69.7 Å². The lowest BCUT2D eigenvalue weighted by Gasteiger charge is -2.25. The summed E-state index contributed by atoms with van der Waals surface area (Å²) in [5.41, 5.74) is -6.47. The Morgan fingerprint density at radius 3 is 2.41 bits per heavy atom. The molecule has 0 N–H and O–H groups in total. The molecule has 0 atom stereocenters. The number of hydrogen-bond donors (Lipinski definition) is 0. The number of halogens is 3. The summed E-state index contributed by atoms with van der Waals surface area (Å²) in [5.74, 6) is -0.503. The fourth-order valence-corrected chi connectivity index (χ4v) is 2.18. The van der Waals surface area contributed by atoms with Crippen molar-refractivity contribution in [1.29, 1.82) is 0 Å². The molecule has 0 heterocycles. The summed E-state index contributed by atoms with van der Waals surface area (Å²) >= 11 is 0. The van der Waals surface area contributed by atoms with Crippen LogP contribution in [-0.4, -0.2) is 27.0 Å². The fraction of sp³-hybridized carbons (Fsp3) is 0.462. The van der Waals surface area contributed by atoms with E-state index in [0.717, 1.165) is 6.08 Å². The number of methoxy groups -OCH3 is 1. The molecule has 0 radical (unpaired) electrons. The molecule has 0 saturated heterocycles. The lowest BCUT2D eigenvalue weighted by Crippen LogP contribution is -2.29. The molecule has 0 aromatic rings. The van der Waals surface area contributed by atoms with Crippen LogP contribution in [0, 0.1) is 5.41 Å². The molecule has 1 aliphatic rings. The average molecular weight is 340 g/mol. The largest absolute Gasteiger partial charge is 0.534 e. The van der Waals surface area contributed by atoms with E-state index in [4.69, 9.17) is 4.74 Å². The first-order valence-corrected chi connectivity index (χ1v) is 7.64. The molecule has 1 aliphatic carbocycles. The number of ether oxygens (including phenoxy) is 1. The Morgan fingerprint density at radius 2 is 1.91 bits per heavy atom. The van der Waals surface area contributed by atoms with Crippen molar-refractivity contribution in [2.24, 2.45) is 5.41 Å². The number of rotatable bonds is 6. The van der Waals surface area contributed by atoms with Gasteiger partial charge in [-0.2, -0.15) is 21.6 Å². The van der Waals surface area contributed by atoms with E-state index < -0.39 is 27.0 Å². The fourth-order valence-electron chi connectivity index (χ4n) is 1.84. The van der Waals surface area contributed by atoms with Gasteiger partial charge in [-0.15, -0.1) is 0 Å². The molecule has 124 valence electrons. The third-order valence-corrected chi connectivity index (χ3v) is 3.89. The van der Waals surface area contributed by atoms with E-state index in [2.05, 4.69) is 4.18 Å². The summed E-state index contributed by atoms with van der Waals surface area (Å²) in [5, 5.41) is 0. The predicted molar refractivity (Wildman–Crippen MR) is 71.8 cm³/mol. The van der Waals surface area contributed by atoms with Crippen molar-refractivity contribution < 1.29 is 35.3 Å². The number of carbonyl (C=O) groups excluding carboxylic acids is 1. The van der Waals surface area contributed by atoms with Gasteiger partial charge < -0.3 is 8.92 Å². The standard InChI is InChI=1S/C13H15F3O5S/c1-20-11(17)12(7-3-2-4-8-12)9-5-6-10-21-22(18,19)13(14,15)16/h3-4,6-8,10H,2,5,9H2,1H3/b10-6-. The molecule has 0 saturated carbocycles. The molecule has 0 spiro atoms. The smallest absolute Gasteiger partial charge is 0.468 e. The van der Waals surface area contributed by atoms with Gasteiger partial charge in [-0.25, -0.2) is 0 Å². The van der Waals surface area contributed by atoms with Crippen LogP contribution in [-0.2, 0) is 23.8 Å². The maximum atomic E-state index is 12.0. The van der Waals surface area contributed by atoms with Crippen molar-refractivity contribution in [3.63, 3.8) is 0 Å². The third-order valence-electron chi connectivity index (χ3n) is 2.95. The quantitative estimate of drug-likeness (QED) is 0.244. The van der Waals surface area contributed by atoms with Crippen LogP contribution in [0.3, 0.4) is 0 Å². The molecule has 0 aromatic heterocycles. The van der Waals surface area contributed by atoms with Gasteiger partial charge in [0.1, 0.15) is 11.7 Å². The molecule has 0 unspecified atom stereocenters. The highest BCUT2D eigenvalue weighted by molar-refractivity contribution is 7.87. The van der Waals surface area contributed by atoms with Gasteiger partial charge in [-0.05, 0) is 25.3 Å². The first kappa shape index (κ1) is 18.3. The Morgan fingerprint density at radius 1 is 1.32 bits per heavy atom. The second kappa shape index (κ2) is 6.99. The second-order valence-electron chi connectivity index (χ2n) is 4.48. The molecule has 22 heavy (non-hydrogen) atoms. The summed E-state index contributed by atoms with van der Waals surface area (Å²) in [6, 6.07) is 0. The van der Waals surface area contributed by atoms with Crippen LogP contribution < -0.4 is 0 Å². The van der Waals surface area contributed by atoms with E-state index in [-0.39, 0.29) is 12.8 Å². The van der Waals surface area contributed by atoms with Crippen LogP contribution in [0.15, 0.2) is 36.6 Å². The Balaban J connectivity index is 2.64. The van der Waals surface area contributed by atoms with E-state index in [9.17, 15) is 26.4 Å². The van der Waals surface area contributed by atoms with Crippen LogP contribution in [0.5, 0.6) is 0 Å². The molecule has 0 fully saturated rings. The average Bonchev–Trinajstić information content (AvgIpc) is 2.45. The number of hydrogen-bond acceptors (Lipinski definition) is 5. The summed E-state index contributed by atoms with van der Waals surface area (Å²) in [7, 11) is -4.41. The van der Waals surface area contributed by atoms with Crippen molar-refractivity contribution in [2.45, 2.75) is 24.8 Å². The molecule has 5 nitrogen and oxygen atoms in total. The number of alkyl halides is 3. The van der Waals surface area contributed by atoms with Gasteiger partial charge >= 0.3 is 21.6 Å². The Hall–Kier alpha value is -1.77. The highest BCUT2D eigenvalue weighted by Gasteiger charge is 2.47. The predicted octanol–water partition coefficient (Wildman–Crippen LogP) is 2.82. The summed E-state index contributed by atoms with van der Waals surface area (Å²) in [4.78, 5) is 11.8. The van der Waals surface area contributed by atoms with Gasteiger partial charge in [-0.3, -0.25) is 4.79 Å². The van der Waals surface area contributed by atoms with Crippen LogP contribution in [0.25, 0.3) is 0 Å². The molecular weight excluding hydrogens is 325 g/mol. The van der Waals surface area contributed by atoms with Crippen molar-refractivity contribution >= 4 is 16.1 Å². The van der Waals surface area contributed by atoms with Crippen molar-refractivity contribution in [3.8, 4) is 0 Å². The van der Waals surface area contributed by atoms with Gasteiger partial charge in [0.2, 0.25) is 0 Å². The number of allylic oxidation sites excluding steroid dienone is 3. The van der Waals surface area contributed by atoms with Gasteiger partial charge in [0, 0.05) is 0 Å². The van der Waals surface area contributed by atoms with Gasteiger partial charge in [-0.1, -0.05) is 24.3 Å². The molecule has 0 amide bonds. The van der Waals surface area contributed by atoms with Crippen molar-refractivity contribution in [1.82, 2.24) is 0 Å². The summed E-state index contributed by atoms with van der Waals surface area (Å²) < 4.78 is 65.8. The molecule has 0 aliphatic heterocycles. The molecular formula is C13H15F3O5S. The maximum Gasteiger partial charge on any atom is 0.534 e. The Labute approximate surface area is 126 Å². The normalized spacial score (nSPS) is 17.6. The zero-order chi connectivity index (χ0) is 16.9. The number of esters is 1. The molecule has 1 rings (SSSR count). The zero-order valence-corrected chi connectivity index (χ0v) is 12.5. The monoisotopic (exact) mass is 340 g/mol. The second-order valence-corrected chi connectivity index (χ2v) is 6.04. The Bertz CT molecular complexity index is 575. The van der Waals surface area contributed by atoms with Crippen LogP contribution in [0.1, 0.15) is 19.3 Å². The Kier molecular flexibility index (Phi) is 5.81. The van der Waals surface area contributed by atoms with E-state index in [1.54, 1.807) is 24.3 Å². The minimum Gasteiger partial charge on any atom is -0.468 e. The minimum atomic E-state index is -5.65. The van der Waals surface area contributed by atoms with Crippen molar-refractivity contribution in [3.05, 3.63) is 36.6 Å². The van der Waals surface area contributed by atoms with Crippen LogP contribution in [0.2, 0.25) is 0 Å². The first-order valence-electron chi connectivity index (χ1n) is 6.23. The van der Waals surface area contributed by atoms with Gasteiger partial charge in [0.25, 0.3) is 0 Å². The van der Waals surface area contributed by atoms with E-state index >= 15 is 0 Å². The van der Waals surface area contributed by atoms with Crippen LogP contribution in [0.4, 0.5) is 13.2 Å². The first-order chi connectivity index (χ1) is 10.1. The molecule has 0 aromatic carbocycles. The number of carbonyl (C=O) groups is 1. The zero-order valence-electron chi connectivity index (χ0n) is 11.7. The lowest BCUT2D eigenvalue weighted by atomic mass is 9.80. The van der Waals surface area contributed by atoms with E-state index in [1.165, 1.54) is 7.11 Å². The molecule has 9 heteroatoms. The highest BCUT2D eigenvalue weighted by atomic mass is 32.2. The SMILES string of the molecule is COC(=O)C1(CC/C=C\OS(=O)(=O)C(F)(F)F)C=CCC=C1. The minimum absolute atomic E-state index is 0.122. The summed E-state index contributed by atoms with van der Waals surface area (Å²) in [6.07, 6.45) is 9.39. The van der Waals surface area contributed by atoms with E-state index in [1.807, 2.05) is 0 Å². The molecule has 0 bridgehead atoms. The van der Waals surface area contributed by atoms with Crippen LogP contribution >= 0.6 is 0 Å². The third kappa shape index (κ3) is 4.36.